The van der Waals surface area contributed by atoms with Crippen LogP contribution in [0.2, 0.25) is 0 Å². The molecule has 4 aromatic rings. The van der Waals surface area contributed by atoms with Gasteiger partial charge in [-0.2, -0.15) is 5.21 Å². The molecular weight excluding hydrogens is 459 g/mol. The fraction of sp³-hybridized carbons (Fsp3) is 0.417. The summed E-state index contributed by atoms with van der Waals surface area (Å²) < 4.78 is 43.8. The standard InChI is InChI=1S/C24H26F3N7O/c1-14-10-17(13-23(2,3)12-14)34-20-9-4-15(21-30-32-33-31-21)11-19(20)29-22(34)28-16-5-7-18(8-6-16)35-24(25,26)27/h4-9,11,14,17H,10,12-13H2,1-3H3,(H,28,29)(H,30,31,32,33)/t14-,17?/m1/s1. The maximum atomic E-state index is 12.5. The van der Waals surface area contributed by atoms with Crippen molar-refractivity contribution >= 4 is 22.7 Å². The van der Waals surface area contributed by atoms with E-state index >= 15 is 0 Å². The summed E-state index contributed by atoms with van der Waals surface area (Å²) in [5.41, 5.74) is 3.30. The number of anilines is 2. The Kier molecular flexibility index (Phi) is 5.65. The number of aromatic amines is 1. The zero-order valence-corrected chi connectivity index (χ0v) is 19.6. The van der Waals surface area contributed by atoms with Crippen molar-refractivity contribution in [1.29, 1.82) is 0 Å². The van der Waals surface area contributed by atoms with Crippen LogP contribution >= 0.6 is 0 Å². The first-order chi connectivity index (χ1) is 16.6. The van der Waals surface area contributed by atoms with Gasteiger partial charge in [0.15, 0.2) is 0 Å². The summed E-state index contributed by atoms with van der Waals surface area (Å²) in [6, 6.07) is 11.7. The van der Waals surface area contributed by atoms with E-state index < -0.39 is 6.36 Å². The first-order valence-electron chi connectivity index (χ1n) is 11.4. The van der Waals surface area contributed by atoms with Crippen molar-refractivity contribution < 1.29 is 17.9 Å². The Balaban J connectivity index is 1.54. The molecule has 1 unspecified atom stereocenters. The van der Waals surface area contributed by atoms with Crippen molar-refractivity contribution in [1.82, 2.24) is 30.2 Å². The molecule has 1 aliphatic carbocycles. The normalized spacial score (nSPS) is 20.2. The highest BCUT2D eigenvalue weighted by Crippen LogP contribution is 2.46. The van der Waals surface area contributed by atoms with Crippen LogP contribution in [0.5, 0.6) is 5.75 Å². The third-order valence-electron chi connectivity index (χ3n) is 6.37. The molecule has 11 heteroatoms. The first kappa shape index (κ1) is 23.1. The zero-order chi connectivity index (χ0) is 24.8. The molecule has 5 rings (SSSR count). The average molecular weight is 486 g/mol. The van der Waals surface area contributed by atoms with E-state index in [1.807, 2.05) is 18.2 Å². The summed E-state index contributed by atoms with van der Waals surface area (Å²) in [5, 5.41) is 17.5. The molecule has 0 amide bonds. The van der Waals surface area contributed by atoms with E-state index in [-0.39, 0.29) is 17.2 Å². The lowest BCUT2D eigenvalue weighted by Gasteiger charge is -2.40. The van der Waals surface area contributed by atoms with Gasteiger partial charge in [0.1, 0.15) is 5.75 Å². The summed E-state index contributed by atoms with van der Waals surface area (Å²) in [6.45, 7) is 6.85. The quantitative estimate of drug-likeness (QED) is 0.347. The maximum Gasteiger partial charge on any atom is 0.573 e. The smallest absolute Gasteiger partial charge is 0.406 e. The van der Waals surface area contributed by atoms with E-state index in [0.29, 0.717) is 23.4 Å². The van der Waals surface area contributed by atoms with Gasteiger partial charge in [-0.1, -0.05) is 20.8 Å². The van der Waals surface area contributed by atoms with Crippen LogP contribution in [0.4, 0.5) is 24.8 Å². The molecule has 0 saturated heterocycles. The monoisotopic (exact) mass is 485 g/mol. The molecule has 2 atom stereocenters. The molecule has 1 saturated carbocycles. The van der Waals surface area contributed by atoms with Crippen molar-refractivity contribution in [3.63, 3.8) is 0 Å². The Morgan fingerprint density at radius 1 is 1.11 bits per heavy atom. The Labute approximate surface area is 199 Å². The van der Waals surface area contributed by atoms with E-state index in [2.05, 4.69) is 56.0 Å². The number of fused-ring (bicyclic) bond motifs is 1. The summed E-state index contributed by atoms with van der Waals surface area (Å²) in [7, 11) is 0. The molecule has 2 aromatic heterocycles. The number of nitrogens with zero attached hydrogens (tertiary/aromatic N) is 5. The second-order valence-corrected chi connectivity index (χ2v) is 10.0. The van der Waals surface area contributed by atoms with Gasteiger partial charge in [-0.25, -0.2) is 4.98 Å². The molecule has 0 bridgehead atoms. The van der Waals surface area contributed by atoms with E-state index in [4.69, 9.17) is 4.98 Å². The Morgan fingerprint density at radius 2 is 1.89 bits per heavy atom. The van der Waals surface area contributed by atoms with Crippen molar-refractivity contribution in [2.75, 3.05) is 5.32 Å². The third-order valence-corrected chi connectivity index (χ3v) is 6.37. The number of imidazole rings is 1. The number of hydrogen-bond donors (Lipinski definition) is 2. The summed E-state index contributed by atoms with van der Waals surface area (Å²) in [4.78, 5) is 4.86. The van der Waals surface area contributed by atoms with Crippen LogP contribution < -0.4 is 10.1 Å². The predicted molar refractivity (Wildman–Crippen MR) is 125 cm³/mol. The molecule has 35 heavy (non-hydrogen) atoms. The number of H-pyrrole nitrogens is 1. The number of nitrogens with one attached hydrogen (secondary N) is 2. The fourth-order valence-corrected chi connectivity index (χ4v) is 5.34. The van der Waals surface area contributed by atoms with Crippen LogP contribution in [-0.2, 0) is 0 Å². The highest BCUT2D eigenvalue weighted by Gasteiger charge is 2.35. The number of halogens is 3. The summed E-state index contributed by atoms with van der Waals surface area (Å²) >= 11 is 0. The first-order valence-corrected chi connectivity index (χ1v) is 11.4. The SMILES string of the molecule is C[C@@H]1CC(n2c(Nc3ccc(OC(F)(F)F)cc3)nc3cc(-c4nn[nH]n4)ccc32)CC(C)(C)C1. The second-order valence-electron chi connectivity index (χ2n) is 10.0. The number of alkyl halides is 3. The van der Waals surface area contributed by atoms with Crippen LogP contribution in [0.3, 0.4) is 0 Å². The summed E-state index contributed by atoms with van der Waals surface area (Å²) in [6.07, 6.45) is -1.58. The fourth-order valence-electron chi connectivity index (χ4n) is 5.34. The van der Waals surface area contributed by atoms with Gasteiger partial charge in [0.2, 0.25) is 11.8 Å². The predicted octanol–water partition coefficient (Wildman–Crippen LogP) is 6.25. The number of benzene rings is 2. The number of tetrazole rings is 1. The summed E-state index contributed by atoms with van der Waals surface area (Å²) in [5.74, 6) is 1.38. The average Bonchev–Trinajstić information content (AvgIpc) is 3.40. The number of hydrogen-bond acceptors (Lipinski definition) is 6. The lowest BCUT2D eigenvalue weighted by Crippen LogP contribution is -2.29. The topological polar surface area (TPSA) is 93.5 Å². The largest absolute Gasteiger partial charge is 0.573 e. The van der Waals surface area contributed by atoms with Crippen molar-refractivity contribution in [3.8, 4) is 17.1 Å². The molecule has 184 valence electrons. The molecule has 0 spiro atoms. The number of ether oxygens (including phenoxy) is 1. The van der Waals surface area contributed by atoms with Crippen LogP contribution in [0.1, 0.15) is 46.1 Å². The van der Waals surface area contributed by atoms with Crippen molar-refractivity contribution in [3.05, 3.63) is 42.5 Å². The molecular formula is C24H26F3N7O. The van der Waals surface area contributed by atoms with Gasteiger partial charge in [-0.05, 0) is 78.3 Å². The van der Waals surface area contributed by atoms with E-state index in [0.717, 1.165) is 35.9 Å². The van der Waals surface area contributed by atoms with Crippen LogP contribution in [0.15, 0.2) is 42.5 Å². The highest BCUT2D eigenvalue weighted by molar-refractivity contribution is 5.84. The van der Waals surface area contributed by atoms with Gasteiger partial charge in [0.25, 0.3) is 0 Å². The van der Waals surface area contributed by atoms with E-state index in [1.54, 1.807) is 12.1 Å². The van der Waals surface area contributed by atoms with Crippen molar-refractivity contribution in [2.24, 2.45) is 11.3 Å². The van der Waals surface area contributed by atoms with Gasteiger partial charge in [0, 0.05) is 17.3 Å². The van der Waals surface area contributed by atoms with Crippen LogP contribution in [0.25, 0.3) is 22.4 Å². The molecule has 8 nitrogen and oxygen atoms in total. The van der Waals surface area contributed by atoms with Gasteiger partial charge in [-0.3, -0.25) is 0 Å². The van der Waals surface area contributed by atoms with Gasteiger partial charge in [-0.15, -0.1) is 23.4 Å². The van der Waals surface area contributed by atoms with Crippen molar-refractivity contribution in [2.45, 2.75) is 52.4 Å². The molecule has 2 N–H and O–H groups in total. The molecule has 1 fully saturated rings. The molecule has 0 radical (unpaired) electrons. The number of aromatic nitrogens is 6. The Bertz CT molecular complexity index is 1310. The van der Waals surface area contributed by atoms with E-state index in [9.17, 15) is 13.2 Å². The third kappa shape index (κ3) is 5.08. The van der Waals surface area contributed by atoms with Crippen LogP contribution in [-0.4, -0.2) is 36.5 Å². The molecule has 1 aliphatic rings. The van der Waals surface area contributed by atoms with Crippen LogP contribution in [0, 0.1) is 11.3 Å². The lowest BCUT2D eigenvalue weighted by atomic mass is 9.70. The van der Waals surface area contributed by atoms with Gasteiger partial charge < -0.3 is 14.6 Å². The minimum absolute atomic E-state index is 0.178. The second kappa shape index (κ2) is 8.54. The minimum Gasteiger partial charge on any atom is -0.406 e. The molecule has 2 heterocycles. The molecule has 0 aliphatic heterocycles. The Morgan fingerprint density at radius 3 is 2.54 bits per heavy atom. The maximum absolute atomic E-state index is 12.5. The zero-order valence-electron chi connectivity index (χ0n) is 19.6. The minimum atomic E-state index is -4.73. The Hall–Kier alpha value is -3.63. The van der Waals surface area contributed by atoms with Gasteiger partial charge in [0.05, 0.1) is 11.0 Å². The lowest BCUT2D eigenvalue weighted by molar-refractivity contribution is -0.274. The van der Waals surface area contributed by atoms with E-state index in [1.165, 1.54) is 12.1 Å². The van der Waals surface area contributed by atoms with Gasteiger partial charge >= 0.3 is 6.36 Å². The number of rotatable bonds is 5. The highest BCUT2D eigenvalue weighted by atomic mass is 19.4. The molecule has 2 aromatic carbocycles.